The number of hydrogen-bond acceptors (Lipinski definition) is 6. The van der Waals surface area contributed by atoms with Gasteiger partial charge in [0.25, 0.3) is 0 Å². The van der Waals surface area contributed by atoms with Gasteiger partial charge in [-0.05, 0) is 49.1 Å². The lowest BCUT2D eigenvalue weighted by molar-refractivity contribution is -0.115. The molecule has 9 heteroatoms. The van der Waals surface area contributed by atoms with E-state index >= 15 is 0 Å². The number of carbonyl (C=O) groups excluding carboxylic acids is 1. The fraction of sp³-hybridized carbons (Fsp3) is 0.280. The van der Waals surface area contributed by atoms with E-state index in [-0.39, 0.29) is 11.7 Å². The van der Waals surface area contributed by atoms with Gasteiger partial charge in [-0.15, -0.1) is 21.5 Å². The summed E-state index contributed by atoms with van der Waals surface area (Å²) in [5.74, 6) is 0.772. The van der Waals surface area contributed by atoms with Crippen LogP contribution in [0.15, 0.2) is 59.1 Å². The Morgan fingerprint density at radius 1 is 1.18 bits per heavy atom. The summed E-state index contributed by atoms with van der Waals surface area (Å²) in [4.78, 5) is 18.8. The summed E-state index contributed by atoms with van der Waals surface area (Å²) in [6.07, 6.45) is 3.03. The fourth-order valence-electron chi connectivity index (χ4n) is 3.77. The Bertz CT molecular complexity index is 1310. The first kappa shape index (κ1) is 22.7. The van der Waals surface area contributed by atoms with Crippen molar-refractivity contribution in [2.75, 3.05) is 4.90 Å². The van der Waals surface area contributed by atoms with Crippen LogP contribution in [0, 0.1) is 5.82 Å². The summed E-state index contributed by atoms with van der Waals surface area (Å²) in [7, 11) is 0. The summed E-state index contributed by atoms with van der Waals surface area (Å²) in [6.45, 7) is 3.65. The number of benzene rings is 2. The van der Waals surface area contributed by atoms with E-state index in [0.29, 0.717) is 28.3 Å². The third kappa shape index (κ3) is 4.63. The molecule has 174 valence electrons. The minimum atomic E-state index is -0.297. The highest BCUT2D eigenvalue weighted by atomic mass is 32.2. The van der Waals surface area contributed by atoms with Gasteiger partial charge in [-0.25, -0.2) is 9.37 Å². The molecule has 0 atom stereocenters. The van der Waals surface area contributed by atoms with Crippen LogP contribution < -0.4 is 4.90 Å². The minimum absolute atomic E-state index is 0.0826. The molecule has 0 unspecified atom stereocenters. The van der Waals surface area contributed by atoms with E-state index < -0.39 is 0 Å². The van der Waals surface area contributed by atoms with E-state index in [4.69, 9.17) is 4.98 Å². The Morgan fingerprint density at radius 2 is 1.94 bits per heavy atom. The number of rotatable bonds is 8. The van der Waals surface area contributed by atoms with E-state index in [0.717, 1.165) is 35.8 Å². The zero-order valence-electron chi connectivity index (χ0n) is 18.9. The molecule has 1 aliphatic rings. The van der Waals surface area contributed by atoms with Crippen LogP contribution in [0.3, 0.4) is 0 Å². The number of hydrogen-bond donors (Lipinski definition) is 0. The van der Waals surface area contributed by atoms with Gasteiger partial charge in [0.2, 0.25) is 5.91 Å². The van der Waals surface area contributed by atoms with Crippen LogP contribution in [0.5, 0.6) is 0 Å². The molecule has 0 bridgehead atoms. The van der Waals surface area contributed by atoms with Crippen molar-refractivity contribution in [3.05, 3.63) is 71.0 Å². The van der Waals surface area contributed by atoms with Crippen LogP contribution in [0.4, 0.5) is 15.2 Å². The van der Waals surface area contributed by atoms with Crippen molar-refractivity contribution in [3.8, 4) is 11.4 Å². The second-order valence-electron chi connectivity index (χ2n) is 8.17. The molecular formula is C25H24FN5OS2. The van der Waals surface area contributed by atoms with Crippen molar-refractivity contribution in [1.29, 1.82) is 0 Å². The van der Waals surface area contributed by atoms with Gasteiger partial charge in [0.1, 0.15) is 5.82 Å². The quantitative estimate of drug-likeness (QED) is 0.265. The summed E-state index contributed by atoms with van der Waals surface area (Å²) in [5, 5.41) is 12.0. The molecule has 4 aromatic rings. The van der Waals surface area contributed by atoms with E-state index in [9.17, 15) is 9.18 Å². The van der Waals surface area contributed by atoms with Crippen LogP contribution in [0.25, 0.3) is 11.4 Å². The Kier molecular flexibility index (Phi) is 6.47. The van der Waals surface area contributed by atoms with Crippen LogP contribution >= 0.6 is 23.1 Å². The second-order valence-corrected chi connectivity index (χ2v) is 9.95. The summed E-state index contributed by atoms with van der Waals surface area (Å²) in [6, 6.07) is 15.0. The maximum atomic E-state index is 14.4. The lowest BCUT2D eigenvalue weighted by Crippen LogP contribution is -2.22. The van der Waals surface area contributed by atoms with Crippen LogP contribution in [-0.2, 0) is 17.0 Å². The standard InChI is InChI=1S/C25H24FN5OS2/c1-3-17-8-10-19(11-9-17)30(16(2)32)24-27-18(14-33-24)15-34-25-29-28-23(31(25)20-12-13-20)21-6-4-5-7-22(21)26/h4-11,14,20H,3,12-13,15H2,1-2H3. The Balaban J connectivity index is 1.35. The van der Waals surface area contributed by atoms with Gasteiger partial charge in [0.15, 0.2) is 16.1 Å². The normalized spacial score (nSPS) is 13.3. The summed E-state index contributed by atoms with van der Waals surface area (Å²) >= 11 is 2.97. The van der Waals surface area contributed by atoms with E-state index in [2.05, 4.69) is 17.1 Å². The SMILES string of the molecule is CCc1ccc(N(C(C)=O)c2nc(CSc3nnc(-c4ccccc4F)n3C3CC3)cs2)cc1. The van der Waals surface area contributed by atoms with Crippen molar-refractivity contribution in [3.63, 3.8) is 0 Å². The number of thiazole rings is 1. The summed E-state index contributed by atoms with van der Waals surface area (Å²) in [5.41, 5.74) is 3.36. The van der Waals surface area contributed by atoms with Gasteiger partial charge >= 0.3 is 0 Å². The van der Waals surface area contributed by atoms with Crippen molar-refractivity contribution in [2.24, 2.45) is 0 Å². The van der Waals surface area contributed by atoms with Crippen molar-refractivity contribution < 1.29 is 9.18 Å². The van der Waals surface area contributed by atoms with E-state index in [1.807, 2.05) is 40.3 Å². The van der Waals surface area contributed by atoms with Gasteiger partial charge in [-0.2, -0.15) is 0 Å². The van der Waals surface area contributed by atoms with Crippen LogP contribution in [0.1, 0.15) is 44.0 Å². The predicted molar refractivity (Wildman–Crippen MR) is 134 cm³/mol. The van der Waals surface area contributed by atoms with Crippen molar-refractivity contribution >= 4 is 39.8 Å². The lowest BCUT2D eigenvalue weighted by atomic mass is 10.1. The fourth-order valence-corrected chi connectivity index (χ4v) is 5.67. The Labute approximate surface area is 205 Å². The first-order valence-corrected chi connectivity index (χ1v) is 13.1. The van der Waals surface area contributed by atoms with Crippen LogP contribution in [-0.4, -0.2) is 25.7 Å². The minimum Gasteiger partial charge on any atom is -0.299 e. The molecule has 6 nitrogen and oxygen atoms in total. The largest absolute Gasteiger partial charge is 0.299 e. The number of aromatic nitrogens is 4. The van der Waals surface area contributed by atoms with Gasteiger partial charge < -0.3 is 0 Å². The zero-order chi connectivity index (χ0) is 23.7. The lowest BCUT2D eigenvalue weighted by Gasteiger charge is -2.18. The number of amides is 1. The highest BCUT2D eigenvalue weighted by molar-refractivity contribution is 7.98. The van der Waals surface area contributed by atoms with E-state index in [1.54, 1.807) is 24.0 Å². The average Bonchev–Trinajstić information content (AvgIpc) is 3.43. The number of anilines is 2. The number of carbonyl (C=O) groups is 1. The molecule has 2 aromatic heterocycles. The third-order valence-corrected chi connectivity index (χ3v) is 7.54. The van der Waals surface area contributed by atoms with Gasteiger partial charge in [-0.3, -0.25) is 14.3 Å². The number of thioether (sulfide) groups is 1. The van der Waals surface area contributed by atoms with Crippen molar-refractivity contribution in [2.45, 2.75) is 50.1 Å². The highest BCUT2D eigenvalue weighted by Gasteiger charge is 2.31. The maximum Gasteiger partial charge on any atom is 0.230 e. The molecule has 0 aliphatic heterocycles. The Hall–Kier alpha value is -3.04. The molecule has 1 fully saturated rings. The van der Waals surface area contributed by atoms with Gasteiger partial charge in [-0.1, -0.05) is 43.0 Å². The smallest absolute Gasteiger partial charge is 0.230 e. The first-order valence-electron chi connectivity index (χ1n) is 11.2. The van der Waals surface area contributed by atoms with E-state index in [1.165, 1.54) is 34.7 Å². The molecule has 0 N–H and O–H groups in total. The third-order valence-electron chi connectivity index (χ3n) is 5.69. The zero-order valence-corrected chi connectivity index (χ0v) is 20.6. The monoisotopic (exact) mass is 493 g/mol. The average molecular weight is 494 g/mol. The molecule has 1 saturated carbocycles. The molecule has 2 heterocycles. The maximum absolute atomic E-state index is 14.4. The first-order chi connectivity index (χ1) is 16.5. The predicted octanol–water partition coefficient (Wildman–Crippen LogP) is 6.41. The molecule has 1 amide bonds. The molecule has 5 rings (SSSR count). The molecule has 1 aliphatic carbocycles. The highest BCUT2D eigenvalue weighted by Crippen LogP contribution is 2.42. The van der Waals surface area contributed by atoms with Gasteiger partial charge in [0.05, 0.1) is 16.9 Å². The number of halogens is 1. The van der Waals surface area contributed by atoms with Crippen LogP contribution in [0.2, 0.25) is 0 Å². The second kappa shape index (κ2) is 9.68. The molecular weight excluding hydrogens is 469 g/mol. The molecule has 2 aromatic carbocycles. The summed E-state index contributed by atoms with van der Waals surface area (Å²) < 4.78 is 16.4. The number of aryl methyl sites for hydroxylation is 1. The molecule has 0 radical (unpaired) electrons. The topological polar surface area (TPSA) is 63.9 Å². The van der Waals surface area contributed by atoms with Crippen molar-refractivity contribution in [1.82, 2.24) is 19.7 Å². The molecule has 0 saturated heterocycles. The Morgan fingerprint density at radius 3 is 2.62 bits per heavy atom. The molecule has 34 heavy (non-hydrogen) atoms. The molecule has 0 spiro atoms. The number of nitrogens with zero attached hydrogens (tertiary/aromatic N) is 5. The van der Waals surface area contributed by atoms with Gasteiger partial charge in [0, 0.05) is 24.1 Å².